The average Bonchev–Trinajstić information content (AvgIpc) is 2.43. The van der Waals surface area contributed by atoms with Crippen molar-refractivity contribution < 1.29 is 4.42 Å². The maximum absolute atomic E-state index is 5.84. The Bertz CT molecular complexity index is 463. The van der Waals surface area contributed by atoms with Crippen molar-refractivity contribution in [1.29, 1.82) is 0 Å². The maximum atomic E-state index is 5.84. The van der Waals surface area contributed by atoms with Gasteiger partial charge < -0.3 is 4.42 Å². The van der Waals surface area contributed by atoms with Gasteiger partial charge in [-0.2, -0.15) is 0 Å². The lowest BCUT2D eigenvalue weighted by Gasteiger charge is -1.99. The lowest BCUT2D eigenvalue weighted by Crippen LogP contribution is -1.85. The lowest BCUT2D eigenvalue weighted by molar-refractivity contribution is 0.517. The Morgan fingerprint density at radius 3 is 2.50 bits per heavy atom. The van der Waals surface area contributed by atoms with Gasteiger partial charge in [0.25, 0.3) is 0 Å². The topological polar surface area (TPSA) is 13.1 Å². The van der Waals surface area contributed by atoms with Crippen molar-refractivity contribution in [2.24, 2.45) is 0 Å². The zero-order chi connectivity index (χ0) is 10.3. The maximum Gasteiger partial charge on any atom is 0.134 e. The van der Waals surface area contributed by atoms with Gasteiger partial charge in [0, 0.05) is 11.3 Å². The molecular formula is C13H16O. The van der Waals surface area contributed by atoms with Crippen LogP contribution in [0.15, 0.2) is 22.6 Å². The predicted molar refractivity (Wildman–Crippen MR) is 59.8 cm³/mol. The Kier molecular flexibility index (Phi) is 2.10. The Hall–Kier alpha value is -1.24. The molecule has 14 heavy (non-hydrogen) atoms. The van der Waals surface area contributed by atoms with E-state index in [-0.39, 0.29) is 0 Å². The highest BCUT2D eigenvalue weighted by Gasteiger charge is 2.12. The average molecular weight is 188 g/mol. The standard InChI is InChI=1S/C13H16O/c1-8(2)13-10(4)11-6-5-9(3)7-12(11)14-13/h5-8H,1-4H3. The molecule has 0 N–H and O–H groups in total. The molecule has 1 heterocycles. The van der Waals surface area contributed by atoms with Crippen molar-refractivity contribution >= 4 is 11.0 Å². The van der Waals surface area contributed by atoms with Gasteiger partial charge in [-0.3, -0.25) is 0 Å². The van der Waals surface area contributed by atoms with Crippen molar-refractivity contribution in [3.63, 3.8) is 0 Å². The fraction of sp³-hybridized carbons (Fsp3) is 0.385. The predicted octanol–water partition coefficient (Wildman–Crippen LogP) is 4.17. The van der Waals surface area contributed by atoms with Gasteiger partial charge in [-0.15, -0.1) is 0 Å². The molecule has 74 valence electrons. The van der Waals surface area contributed by atoms with Gasteiger partial charge in [0.05, 0.1) is 0 Å². The molecule has 0 aliphatic rings. The summed E-state index contributed by atoms with van der Waals surface area (Å²) < 4.78 is 5.84. The van der Waals surface area contributed by atoms with Crippen molar-refractivity contribution in [2.75, 3.05) is 0 Å². The normalized spacial score (nSPS) is 11.5. The van der Waals surface area contributed by atoms with Gasteiger partial charge in [-0.1, -0.05) is 26.0 Å². The number of hydrogen-bond donors (Lipinski definition) is 0. The minimum Gasteiger partial charge on any atom is -0.461 e. The molecule has 1 aromatic heterocycles. The molecule has 1 aromatic carbocycles. The number of hydrogen-bond acceptors (Lipinski definition) is 1. The zero-order valence-corrected chi connectivity index (χ0v) is 9.22. The molecule has 0 atom stereocenters. The van der Waals surface area contributed by atoms with Crippen LogP contribution in [0.5, 0.6) is 0 Å². The summed E-state index contributed by atoms with van der Waals surface area (Å²) in [5.74, 6) is 1.58. The van der Waals surface area contributed by atoms with E-state index in [4.69, 9.17) is 4.42 Å². The van der Waals surface area contributed by atoms with Crippen molar-refractivity contribution in [1.82, 2.24) is 0 Å². The smallest absolute Gasteiger partial charge is 0.134 e. The molecule has 0 aliphatic carbocycles. The molecule has 0 aliphatic heterocycles. The molecule has 0 fully saturated rings. The van der Waals surface area contributed by atoms with E-state index >= 15 is 0 Å². The highest BCUT2D eigenvalue weighted by atomic mass is 16.3. The second-order valence-electron chi connectivity index (χ2n) is 4.25. The summed E-state index contributed by atoms with van der Waals surface area (Å²) in [5.41, 5.74) is 3.56. The van der Waals surface area contributed by atoms with Crippen molar-refractivity contribution in [2.45, 2.75) is 33.6 Å². The molecule has 0 spiro atoms. The minimum atomic E-state index is 0.461. The van der Waals surface area contributed by atoms with Gasteiger partial charge in [0.1, 0.15) is 11.3 Å². The molecule has 0 saturated heterocycles. The summed E-state index contributed by atoms with van der Waals surface area (Å²) in [4.78, 5) is 0. The molecule has 0 saturated carbocycles. The van der Waals surface area contributed by atoms with Gasteiger partial charge in [0.2, 0.25) is 0 Å². The van der Waals surface area contributed by atoms with Crippen molar-refractivity contribution in [3.8, 4) is 0 Å². The summed E-state index contributed by atoms with van der Waals surface area (Å²) >= 11 is 0. The largest absolute Gasteiger partial charge is 0.461 e. The summed E-state index contributed by atoms with van der Waals surface area (Å²) in [5, 5.41) is 1.25. The van der Waals surface area contributed by atoms with Crippen LogP contribution in [-0.4, -0.2) is 0 Å². The summed E-state index contributed by atoms with van der Waals surface area (Å²) in [7, 11) is 0. The van der Waals surface area contributed by atoms with E-state index in [2.05, 4.69) is 45.9 Å². The molecule has 1 heteroatoms. The van der Waals surface area contributed by atoms with Crippen LogP contribution in [0.3, 0.4) is 0 Å². The fourth-order valence-electron chi connectivity index (χ4n) is 1.90. The van der Waals surface area contributed by atoms with Gasteiger partial charge in [-0.05, 0) is 31.0 Å². The highest BCUT2D eigenvalue weighted by Crippen LogP contribution is 2.30. The second-order valence-corrected chi connectivity index (χ2v) is 4.25. The first-order valence-electron chi connectivity index (χ1n) is 5.09. The molecule has 2 rings (SSSR count). The molecule has 0 amide bonds. The Morgan fingerprint density at radius 2 is 1.86 bits per heavy atom. The third-order valence-corrected chi connectivity index (χ3v) is 2.66. The quantitative estimate of drug-likeness (QED) is 0.654. The lowest BCUT2D eigenvalue weighted by atomic mass is 10.0. The summed E-state index contributed by atoms with van der Waals surface area (Å²) in [6, 6.07) is 6.39. The van der Waals surface area contributed by atoms with E-state index in [0.29, 0.717) is 5.92 Å². The Morgan fingerprint density at radius 1 is 1.14 bits per heavy atom. The highest BCUT2D eigenvalue weighted by molar-refractivity contribution is 5.82. The molecule has 0 radical (unpaired) electrons. The first-order chi connectivity index (χ1) is 6.59. The van der Waals surface area contributed by atoms with Crippen LogP contribution >= 0.6 is 0 Å². The van der Waals surface area contributed by atoms with Crippen LogP contribution in [0.1, 0.15) is 36.7 Å². The third kappa shape index (κ3) is 1.33. The monoisotopic (exact) mass is 188 g/mol. The first-order valence-corrected chi connectivity index (χ1v) is 5.09. The van der Waals surface area contributed by atoms with Crippen LogP contribution in [0, 0.1) is 13.8 Å². The van der Waals surface area contributed by atoms with Gasteiger partial charge in [-0.25, -0.2) is 0 Å². The van der Waals surface area contributed by atoms with Gasteiger partial charge >= 0.3 is 0 Å². The minimum absolute atomic E-state index is 0.461. The summed E-state index contributed by atoms with van der Waals surface area (Å²) in [6.45, 7) is 8.55. The van der Waals surface area contributed by atoms with E-state index in [1.165, 1.54) is 16.5 Å². The van der Waals surface area contributed by atoms with Crippen molar-refractivity contribution in [3.05, 3.63) is 35.1 Å². The van der Waals surface area contributed by atoms with Gasteiger partial charge in [0.15, 0.2) is 0 Å². The zero-order valence-electron chi connectivity index (χ0n) is 9.22. The molecule has 0 bridgehead atoms. The molecular weight excluding hydrogens is 172 g/mol. The molecule has 0 unspecified atom stereocenters. The Labute approximate surface area is 84.7 Å². The van der Waals surface area contributed by atoms with Crippen LogP contribution in [0.4, 0.5) is 0 Å². The van der Waals surface area contributed by atoms with E-state index in [9.17, 15) is 0 Å². The summed E-state index contributed by atoms with van der Waals surface area (Å²) in [6.07, 6.45) is 0. The Balaban J connectivity index is 2.73. The van der Waals surface area contributed by atoms with E-state index < -0.39 is 0 Å². The SMILES string of the molecule is Cc1ccc2c(C)c(C(C)C)oc2c1. The van der Waals surface area contributed by atoms with E-state index in [0.717, 1.165) is 11.3 Å². The number of aryl methyl sites for hydroxylation is 2. The third-order valence-electron chi connectivity index (χ3n) is 2.66. The fourth-order valence-corrected chi connectivity index (χ4v) is 1.90. The van der Waals surface area contributed by atoms with Crippen LogP contribution in [0.2, 0.25) is 0 Å². The number of furan rings is 1. The molecule has 1 nitrogen and oxygen atoms in total. The van der Waals surface area contributed by atoms with E-state index in [1.807, 2.05) is 0 Å². The second kappa shape index (κ2) is 3.16. The van der Waals surface area contributed by atoms with E-state index in [1.54, 1.807) is 0 Å². The van der Waals surface area contributed by atoms with Crippen LogP contribution in [0.25, 0.3) is 11.0 Å². The van der Waals surface area contributed by atoms with Crippen LogP contribution < -0.4 is 0 Å². The number of rotatable bonds is 1. The first kappa shape index (κ1) is 9.32. The number of benzene rings is 1. The molecule has 2 aromatic rings. The number of fused-ring (bicyclic) bond motifs is 1. The van der Waals surface area contributed by atoms with Crippen LogP contribution in [-0.2, 0) is 0 Å².